The van der Waals surface area contributed by atoms with Gasteiger partial charge in [-0.2, -0.15) is 0 Å². The first-order valence-corrected chi connectivity index (χ1v) is 18.1. The van der Waals surface area contributed by atoms with Crippen molar-refractivity contribution in [3.8, 4) is 33.3 Å². The Balaban J connectivity index is 1.30. The van der Waals surface area contributed by atoms with Crippen molar-refractivity contribution in [3.05, 3.63) is 77.6 Å². The van der Waals surface area contributed by atoms with Crippen LogP contribution >= 0.6 is 11.3 Å². The largest absolute Gasteiger partial charge is 0.497 e. The fourth-order valence-corrected chi connectivity index (χ4v) is 9.65. The first-order valence-electron chi connectivity index (χ1n) is 15.6. The second-order valence-corrected chi connectivity index (χ2v) is 15.1. The van der Waals surface area contributed by atoms with Gasteiger partial charge in [-0.3, -0.25) is 9.59 Å². The molecule has 2 aromatic carbocycles. The quantitative estimate of drug-likeness (QED) is 0.220. The minimum absolute atomic E-state index is 0.00270. The summed E-state index contributed by atoms with van der Waals surface area (Å²) in [6.45, 7) is 0.568. The molecule has 0 spiro atoms. The van der Waals surface area contributed by atoms with Crippen molar-refractivity contribution in [2.24, 2.45) is 0 Å². The molecule has 2 atom stereocenters. The Labute approximate surface area is 282 Å². The zero-order valence-electron chi connectivity index (χ0n) is 26.7. The normalized spacial score (nSPS) is 20.9. The molecule has 2 amide bonds. The monoisotopic (exact) mass is 695 g/mol. The van der Waals surface area contributed by atoms with Crippen molar-refractivity contribution >= 4 is 33.0 Å². The van der Waals surface area contributed by atoms with Crippen molar-refractivity contribution in [1.29, 1.82) is 0 Å². The van der Waals surface area contributed by atoms with Crippen molar-refractivity contribution in [2.75, 3.05) is 39.7 Å². The van der Waals surface area contributed by atoms with Crippen LogP contribution in [0.3, 0.4) is 0 Å². The van der Waals surface area contributed by atoms with E-state index in [1.807, 2.05) is 30.3 Å². The lowest BCUT2D eigenvalue weighted by Crippen LogP contribution is -2.43. The fraction of sp³-hybridized carbons (Fsp3) is 0.382. The van der Waals surface area contributed by atoms with Crippen LogP contribution in [0, 0.1) is 0 Å². The number of benzene rings is 2. The molecule has 12 nitrogen and oxygen atoms in total. The predicted molar refractivity (Wildman–Crippen MR) is 178 cm³/mol. The molecule has 2 unspecified atom stereocenters. The maximum Gasteiger partial charge on any atom is 0.257 e. The molecule has 1 N–H and O–H groups in total. The number of carbonyl (C=O) groups excluding carboxylic acids is 2. The first-order chi connectivity index (χ1) is 23.2. The van der Waals surface area contributed by atoms with E-state index in [1.165, 1.54) is 36.8 Å². The molecular formula is C34H37N3O9S2. The summed E-state index contributed by atoms with van der Waals surface area (Å²) >= 11 is 1.31. The molecule has 2 aliphatic heterocycles. The summed E-state index contributed by atoms with van der Waals surface area (Å²) in [6.07, 6.45) is 4.46. The number of amides is 2. The molecule has 254 valence electrons. The summed E-state index contributed by atoms with van der Waals surface area (Å²) in [4.78, 5) is 39.6. The lowest BCUT2D eigenvalue weighted by Gasteiger charge is -2.31. The average Bonchev–Trinajstić information content (AvgIpc) is 3.82. The number of hydrogen-bond acceptors (Lipinski definition) is 11. The number of hydrogen-bond donors (Lipinski definition) is 1. The molecular weight excluding hydrogens is 659 g/mol. The minimum atomic E-state index is -3.99. The van der Waals surface area contributed by atoms with E-state index in [-0.39, 0.29) is 43.2 Å². The third kappa shape index (κ3) is 6.97. The number of hydroxylamine groups is 1. The van der Waals surface area contributed by atoms with Crippen LogP contribution in [0.1, 0.15) is 47.3 Å². The molecule has 14 heteroatoms. The van der Waals surface area contributed by atoms with Gasteiger partial charge in [-0.15, -0.1) is 11.3 Å². The Hall–Kier alpha value is -4.24. The van der Waals surface area contributed by atoms with Crippen molar-refractivity contribution in [3.63, 3.8) is 0 Å². The van der Waals surface area contributed by atoms with Gasteiger partial charge in [0.1, 0.15) is 16.2 Å². The second kappa shape index (κ2) is 14.5. The molecule has 0 radical (unpaired) electrons. The van der Waals surface area contributed by atoms with Crippen molar-refractivity contribution in [2.45, 2.75) is 43.1 Å². The number of nitrogens with one attached hydrogen (secondary N) is 1. The molecule has 0 saturated carbocycles. The SMILES string of the molecule is COc1ccc(C(=O)N2CCC(CC(=O)NOC3CCCCO3)(c3ccc(-c4ccc(-c5cnco5)cc4)s3)S(=O)(=O)CC2)c(OC)c1. The molecule has 2 aliphatic rings. The second-order valence-electron chi connectivity index (χ2n) is 11.6. The number of rotatable bonds is 10. The van der Waals surface area contributed by atoms with Crippen LogP contribution in [0.5, 0.6) is 11.5 Å². The summed E-state index contributed by atoms with van der Waals surface area (Å²) in [7, 11) is -1.02. The van der Waals surface area contributed by atoms with E-state index in [9.17, 15) is 18.0 Å². The Morgan fingerprint density at radius 2 is 1.85 bits per heavy atom. The highest BCUT2D eigenvalue weighted by molar-refractivity contribution is 7.92. The topological polar surface area (TPSA) is 146 Å². The van der Waals surface area contributed by atoms with Crippen LogP contribution in [-0.2, 0) is 29.0 Å². The highest BCUT2D eigenvalue weighted by Crippen LogP contribution is 2.45. The third-order valence-electron chi connectivity index (χ3n) is 8.77. The van der Waals surface area contributed by atoms with Crippen molar-refractivity contribution < 1.29 is 41.5 Å². The van der Waals surface area contributed by atoms with Gasteiger partial charge < -0.3 is 23.5 Å². The summed E-state index contributed by atoms with van der Waals surface area (Å²) in [5.74, 6) is 0.174. The summed E-state index contributed by atoms with van der Waals surface area (Å²) in [6, 6.07) is 16.2. The Kier molecular flexibility index (Phi) is 10.2. The van der Waals surface area contributed by atoms with Gasteiger partial charge in [-0.1, -0.05) is 24.3 Å². The molecule has 2 fully saturated rings. The zero-order chi connectivity index (χ0) is 33.7. The number of carbonyl (C=O) groups is 2. The van der Waals surface area contributed by atoms with Gasteiger partial charge in [0, 0.05) is 47.5 Å². The maximum absolute atomic E-state index is 14.4. The fourth-order valence-electron chi connectivity index (χ4n) is 6.05. The standard InChI is InChI=1S/C34H37N3O9S2/c1-42-25-10-11-26(27(19-25)43-2)33(39)37-15-14-34(48(40,41)18-16-37,20-31(38)36-46-32-5-3-4-17-44-32)30-13-12-29(47-30)24-8-6-23(7-9-24)28-21-35-22-45-28/h6-13,19,21-22,32H,3-5,14-18,20H2,1-2H3,(H,36,38). The zero-order valence-corrected chi connectivity index (χ0v) is 28.3. The number of sulfone groups is 1. The number of oxazole rings is 1. The molecule has 0 aliphatic carbocycles. The van der Waals surface area contributed by atoms with Crippen LogP contribution in [0.2, 0.25) is 0 Å². The average molecular weight is 696 g/mol. The van der Waals surface area contributed by atoms with Crippen LogP contribution in [0.4, 0.5) is 0 Å². The molecule has 4 heterocycles. The maximum atomic E-state index is 14.4. The summed E-state index contributed by atoms with van der Waals surface area (Å²) in [5.41, 5.74) is 4.47. The van der Waals surface area contributed by atoms with Crippen LogP contribution in [0.15, 0.2) is 71.6 Å². The van der Waals surface area contributed by atoms with E-state index < -0.39 is 26.8 Å². The van der Waals surface area contributed by atoms with Crippen LogP contribution < -0.4 is 15.0 Å². The molecule has 0 bridgehead atoms. The molecule has 2 aromatic heterocycles. The smallest absolute Gasteiger partial charge is 0.257 e. The summed E-state index contributed by atoms with van der Waals surface area (Å²) in [5, 5.41) is 0. The van der Waals surface area contributed by atoms with Gasteiger partial charge in [-0.25, -0.2) is 23.7 Å². The van der Waals surface area contributed by atoms with Crippen molar-refractivity contribution in [1.82, 2.24) is 15.4 Å². The number of aromatic nitrogens is 1. The highest BCUT2D eigenvalue weighted by Gasteiger charge is 2.50. The highest BCUT2D eigenvalue weighted by atomic mass is 32.2. The van der Waals surface area contributed by atoms with E-state index in [4.69, 9.17) is 23.5 Å². The van der Waals surface area contributed by atoms with E-state index in [2.05, 4.69) is 10.5 Å². The number of nitrogens with zero attached hydrogens (tertiary/aromatic N) is 2. The van der Waals surface area contributed by atoms with E-state index in [0.29, 0.717) is 35.2 Å². The lowest BCUT2D eigenvalue weighted by atomic mass is 9.97. The number of ether oxygens (including phenoxy) is 3. The van der Waals surface area contributed by atoms with Gasteiger partial charge in [-0.05, 0) is 49.1 Å². The summed E-state index contributed by atoms with van der Waals surface area (Å²) < 4.78 is 48.8. The van der Waals surface area contributed by atoms with Gasteiger partial charge >= 0.3 is 0 Å². The number of thiophene rings is 1. The Morgan fingerprint density at radius 1 is 1.04 bits per heavy atom. The molecule has 4 aromatic rings. The van der Waals surface area contributed by atoms with Gasteiger partial charge in [0.05, 0.1) is 38.2 Å². The van der Waals surface area contributed by atoms with Crippen LogP contribution in [0.25, 0.3) is 21.8 Å². The van der Waals surface area contributed by atoms with E-state index >= 15 is 0 Å². The molecule has 2 saturated heterocycles. The predicted octanol–water partition coefficient (Wildman–Crippen LogP) is 5.21. The lowest BCUT2D eigenvalue weighted by molar-refractivity contribution is -0.200. The third-order valence-corrected chi connectivity index (χ3v) is 12.7. The minimum Gasteiger partial charge on any atom is -0.497 e. The first kappa shape index (κ1) is 33.7. The molecule has 6 rings (SSSR count). The number of methoxy groups -OCH3 is 2. The van der Waals surface area contributed by atoms with E-state index in [1.54, 1.807) is 30.5 Å². The molecule has 48 heavy (non-hydrogen) atoms. The Morgan fingerprint density at radius 3 is 2.56 bits per heavy atom. The van der Waals surface area contributed by atoms with Gasteiger partial charge in [0.2, 0.25) is 5.91 Å². The van der Waals surface area contributed by atoms with E-state index in [0.717, 1.165) is 28.8 Å². The Bertz CT molecular complexity index is 1840. The van der Waals surface area contributed by atoms with Crippen LogP contribution in [-0.4, -0.2) is 76.1 Å². The van der Waals surface area contributed by atoms with Gasteiger partial charge in [0.25, 0.3) is 5.91 Å². The van der Waals surface area contributed by atoms with Gasteiger partial charge in [0.15, 0.2) is 28.3 Å².